The number of fused-ring (bicyclic) bond motifs is 1. The molecule has 0 atom stereocenters. The zero-order valence-corrected chi connectivity index (χ0v) is 11.0. The Morgan fingerprint density at radius 2 is 2.16 bits per heavy atom. The maximum absolute atomic E-state index is 12.3. The van der Waals surface area contributed by atoms with E-state index in [-0.39, 0.29) is 5.91 Å². The van der Waals surface area contributed by atoms with Gasteiger partial charge in [-0.25, -0.2) is 0 Å². The van der Waals surface area contributed by atoms with E-state index in [1.807, 2.05) is 24.3 Å². The fourth-order valence-electron chi connectivity index (χ4n) is 2.37. The topological polar surface area (TPSA) is 38.8 Å². The molecule has 100 valence electrons. The van der Waals surface area contributed by atoms with Gasteiger partial charge in [0, 0.05) is 19.2 Å². The van der Waals surface area contributed by atoms with Crippen LogP contribution in [0, 0.1) is 0 Å². The zero-order chi connectivity index (χ0) is 13.2. The van der Waals surface area contributed by atoms with E-state index in [1.165, 1.54) is 0 Å². The first-order valence-electron chi connectivity index (χ1n) is 6.62. The molecule has 0 aliphatic carbocycles. The Labute approximate surface area is 112 Å². The normalized spacial score (nSPS) is 17.0. The van der Waals surface area contributed by atoms with E-state index in [1.54, 1.807) is 11.9 Å². The lowest BCUT2D eigenvalue weighted by Gasteiger charge is -2.21. The van der Waals surface area contributed by atoms with Crippen molar-refractivity contribution in [3.8, 4) is 5.75 Å². The number of hydrogen-bond donors (Lipinski definition) is 0. The van der Waals surface area contributed by atoms with E-state index in [9.17, 15) is 4.79 Å². The van der Waals surface area contributed by atoms with Crippen molar-refractivity contribution in [2.24, 2.45) is 0 Å². The van der Waals surface area contributed by atoms with Gasteiger partial charge in [0.05, 0.1) is 13.2 Å². The molecule has 19 heavy (non-hydrogen) atoms. The second-order valence-corrected chi connectivity index (χ2v) is 4.81. The number of amides is 1. The molecule has 2 aliphatic rings. The highest BCUT2D eigenvalue weighted by atomic mass is 16.5. The molecule has 0 saturated carbocycles. The van der Waals surface area contributed by atoms with E-state index in [4.69, 9.17) is 9.47 Å². The smallest absolute Gasteiger partial charge is 0.292 e. The van der Waals surface area contributed by atoms with Crippen LogP contribution in [-0.2, 0) is 16.0 Å². The summed E-state index contributed by atoms with van der Waals surface area (Å²) >= 11 is 0. The maximum atomic E-state index is 12.3. The highest BCUT2D eigenvalue weighted by molar-refractivity contribution is 6.03. The quantitative estimate of drug-likeness (QED) is 0.818. The lowest BCUT2D eigenvalue weighted by molar-refractivity contribution is -0.118. The number of ether oxygens (including phenoxy) is 2. The van der Waals surface area contributed by atoms with E-state index >= 15 is 0 Å². The molecule has 2 heterocycles. The number of carbonyl (C=O) groups excluding carboxylic acids is 1. The Morgan fingerprint density at radius 1 is 1.26 bits per heavy atom. The summed E-state index contributed by atoms with van der Waals surface area (Å²) in [6.07, 6.45) is 4.67. The van der Waals surface area contributed by atoms with Crippen molar-refractivity contribution in [2.75, 3.05) is 25.2 Å². The van der Waals surface area contributed by atoms with E-state index < -0.39 is 0 Å². The first-order valence-corrected chi connectivity index (χ1v) is 6.62. The molecule has 4 nitrogen and oxygen atoms in total. The predicted octanol–water partition coefficient (Wildman–Crippen LogP) is 2.28. The fourth-order valence-corrected chi connectivity index (χ4v) is 2.37. The van der Waals surface area contributed by atoms with Gasteiger partial charge in [-0.3, -0.25) is 4.79 Å². The van der Waals surface area contributed by atoms with Gasteiger partial charge in [0.25, 0.3) is 5.91 Å². The summed E-state index contributed by atoms with van der Waals surface area (Å²) in [5.74, 6) is 1.31. The molecule has 0 N–H and O–H groups in total. The van der Waals surface area contributed by atoms with Crippen LogP contribution in [0.5, 0.6) is 5.75 Å². The summed E-state index contributed by atoms with van der Waals surface area (Å²) in [5.41, 5.74) is 2.04. The first kappa shape index (κ1) is 12.1. The molecule has 3 rings (SSSR count). The minimum absolute atomic E-state index is 0.0847. The number of allylic oxidation sites excluding steroid dienone is 1. The van der Waals surface area contributed by atoms with Crippen LogP contribution in [0.3, 0.4) is 0 Å². The average Bonchev–Trinajstić information content (AvgIpc) is 2.94. The summed E-state index contributed by atoms with van der Waals surface area (Å²) in [7, 11) is 1.78. The van der Waals surface area contributed by atoms with E-state index in [2.05, 4.69) is 0 Å². The number of hydrogen-bond acceptors (Lipinski definition) is 3. The van der Waals surface area contributed by atoms with Crippen molar-refractivity contribution in [1.29, 1.82) is 0 Å². The molecule has 0 fully saturated rings. The molecule has 2 aliphatic heterocycles. The lowest BCUT2D eigenvalue weighted by atomic mass is 10.1. The molecule has 4 heteroatoms. The fraction of sp³-hybridized carbons (Fsp3) is 0.400. The third-order valence-corrected chi connectivity index (χ3v) is 3.51. The first-order chi connectivity index (χ1) is 9.25. The van der Waals surface area contributed by atoms with Crippen LogP contribution in [0.4, 0.5) is 5.69 Å². The van der Waals surface area contributed by atoms with Gasteiger partial charge in [-0.15, -0.1) is 0 Å². The highest BCUT2D eigenvalue weighted by Crippen LogP contribution is 2.29. The molecule has 0 unspecified atom stereocenters. The maximum Gasteiger partial charge on any atom is 0.292 e. The number of nitrogens with zero attached hydrogens (tertiary/aromatic N) is 1. The van der Waals surface area contributed by atoms with Gasteiger partial charge >= 0.3 is 0 Å². The number of rotatable bonds is 2. The van der Waals surface area contributed by atoms with Crippen LogP contribution in [0.1, 0.15) is 18.4 Å². The molecule has 1 aromatic carbocycles. The van der Waals surface area contributed by atoms with E-state index in [0.29, 0.717) is 12.4 Å². The van der Waals surface area contributed by atoms with Crippen molar-refractivity contribution in [1.82, 2.24) is 0 Å². The standard InChI is InChI=1S/C15H17NO3/c1-16(15(17)14-4-2-3-8-18-14)12-5-6-13-11(10-12)7-9-19-13/h4-6,10H,2-3,7-9H2,1H3. The lowest BCUT2D eigenvalue weighted by Crippen LogP contribution is -2.29. The van der Waals surface area contributed by atoms with Gasteiger partial charge in [0.1, 0.15) is 5.75 Å². The summed E-state index contributed by atoms with van der Waals surface area (Å²) in [5, 5.41) is 0. The Kier molecular flexibility index (Phi) is 3.15. The van der Waals surface area contributed by atoms with Crippen molar-refractivity contribution in [2.45, 2.75) is 19.3 Å². The predicted molar refractivity (Wildman–Crippen MR) is 72.3 cm³/mol. The van der Waals surface area contributed by atoms with Gasteiger partial charge in [0.2, 0.25) is 0 Å². The average molecular weight is 259 g/mol. The Morgan fingerprint density at radius 3 is 2.95 bits per heavy atom. The second kappa shape index (κ2) is 4.96. The SMILES string of the molecule is CN(C(=O)C1=CCCCO1)c1ccc2c(c1)CCO2. The van der Waals surface area contributed by atoms with Gasteiger partial charge in [-0.2, -0.15) is 0 Å². The number of carbonyl (C=O) groups is 1. The summed E-state index contributed by atoms with van der Waals surface area (Å²) < 4.78 is 10.9. The number of benzene rings is 1. The molecule has 0 spiro atoms. The minimum Gasteiger partial charge on any atom is -0.493 e. The van der Waals surface area contributed by atoms with Crippen LogP contribution in [-0.4, -0.2) is 26.2 Å². The highest BCUT2D eigenvalue weighted by Gasteiger charge is 2.21. The molecule has 1 amide bonds. The molecular formula is C15H17NO3. The van der Waals surface area contributed by atoms with Crippen LogP contribution in [0.15, 0.2) is 30.0 Å². The van der Waals surface area contributed by atoms with E-state index in [0.717, 1.165) is 42.9 Å². The number of likely N-dealkylation sites (N-methyl/N-ethyl adjacent to an activating group) is 1. The Bertz CT molecular complexity index is 536. The molecule has 0 bridgehead atoms. The monoisotopic (exact) mass is 259 g/mol. The van der Waals surface area contributed by atoms with Crippen LogP contribution < -0.4 is 9.64 Å². The Balaban J connectivity index is 1.81. The van der Waals surface area contributed by atoms with Crippen LogP contribution in [0.2, 0.25) is 0 Å². The molecule has 0 saturated heterocycles. The van der Waals surface area contributed by atoms with Gasteiger partial charge in [-0.1, -0.05) is 0 Å². The molecule has 1 aromatic rings. The summed E-state index contributed by atoms with van der Waals surface area (Å²) in [6, 6.07) is 5.85. The molecule has 0 radical (unpaired) electrons. The second-order valence-electron chi connectivity index (χ2n) is 4.81. The largest absolute Gasteiger partial charge is 0.493 e. The van der Waals surface area contributed by atoms with Crippen molar-refractivity contribution in [3.63, 3.8) is 0 Å². The molecule has 0 aromatic heterocycles. The number of anilines is 1. The Hall–Kier alpha value is -1.97. The van der Waals surface area contributed by atoms with Crippen LogP contribution >= 0.6 is 0 Å². The van der Waals surface area contributed by atoms with Crippen molar-refractivity contribution in [3.05, 3.63) is 35.6 Å². The zero-order valence-electron chi connectivity index (χ0n) is 11.0. The minimum atomic E-state index is -0.0847. The van der Waals surface area contributed by atoms with Crippen molar-refractivity contribution >= 4 is 11.6 Å². The third kappa shape index (κ3) is 2.30. The summed E-state index contributed by atoms with van der Waals surface area (Å²) in [4.78, 5) is 13.9. The van der Waals surface area contributed by atoms with Crippen LogP contribution in [0.25, 0.3) is 0 Å². The van der Waals surface area contributed by atoms with Crippen molar-refractivity contribution < 1.29 is 14.3 Å². The van der Waals surface area contributed by atoms with Gasteiger partial charge < -0.3 is 14.4 Å². The van der Waals surface area contributed by atoms with Gasteiger partial charge in [0.15, 0.2) is 5.76 Å². The summed E-state index contributed by atoms with van der Waals surface area (Å²) in [6.45, 7) is 1.36. The van der Waals surface area contributed by atoms with Gasteiger partial charge in [-0.05, 0) is 42.7 Å². The third-order valence-electron chi connectivity index (χ3n) is 3.51. The molecular weight excluding hydrogens is 242 g/mol.